The van der Waals surface area contributed by atoms with Gasteiger partial charge < -0.3 is 15.4 Å². The van der Waals surface area contributed by atoms with Crippen molar-refractivity contribution in [3.63, 3.8) is 0 Å². The zero-order valence-corrected chi connectivity index (χ0v) is 18.0. The first-order valence-electron chi connectivity index (χ1n) is 8.73. The molecular formula is C19H21N4O4SSi. The number of pyridine rings is 1. The minimum Gasteiger partial charge on any atom is -0.393 e. The van der Waals surface area contributed by atoms with E-state index in [2.05, 4.69) is 25.1 Å². The Morgan fingerprint density at radius 1 is 1.24 bits per heavy atom. The van der Waals surface area contributed by atoms with Crippen molar-refractivity contribution in [1.29, 1.82) is 0 Å². The predicted molar refractivity (Wildman–Crippen MR) is 111 cm³/mol. The largest absolute Gasteiger partial charge is 0.393 e. The van der Waals surface area contributed by atoms with Crippen molar-refractivity contribution in [2.24, 2.45) is 0 Å². The zero-order valence-electron chi connectivity index (χ0n) is 16.2. The molecule has 0 amide bonds. The quantitative estimate of drug-likeness (QED) is 0.509. The molecule has 1 unspecified atom stereocenters. The second kappa shape index (κ2) is 7.71. The number of rotatable bonds is 6. The molecule has 3 aromatic rings. The third-order valence-corrected chi connectivity index (χ3v) is 5.82. The maximum Gasteiger partial charge on any atom is 0.240 e. The predicted octanol–water partition coefficient (Wildman–Crippen LogP) is 1.76. The van der Waals surface area contributed by atoms with Gasteiger partial charge in [-0.2, -0.15) is 0 Å². The van der Waals surface area contributed by atoms with Gasteiger partial charge in [0, 0.05) is 24.4 Å². The summed E-state index contributed by atoms with van der Waals surface area (Å²) in [5, 5.41) is 12.2. The molecule has 0 bridgehead atoms. The average molecular weight is 430 g/mol. The number of hydrogen-bond acceptors (Lipinski definition) is 7. The molecular weight excluding hydrogens is 408 g/mol. The molecule has 1 atom stereocenters. The number of nitrogens with one attached hydrogen (secondary N) is 1. The highest BCUT2D eigenvalue weighted by Crippen LogP contribution is 2.32. The van der Waals surface area contributed by atoms with E-state index in [1.54, 1.807) is 37.4 Å². The van der Waals surface area contributed by atoms with Gasteiger partial charge in [-0.1, -0.05) is 11.2 Å². The van der Waals surface area contributed by atoms with Crippen molar-refractivity contribution in [3.8, 4) is 22.5 Å². The highest BCUT2D eigenvalue weighted by Gasteiger charge is 2.21. The minimum absolute atomic E-state index is 0.0721. The average Bonchev–Trinajstić information content (AvgIpc) is 3.06. The van der Waals surface area contributed by atoms with Gasteiger partial charge >= 0.3 is 0 Å². The second-order valence-corrected chi connectivity index (χ2v) is 9.91. The van der Waals surface area contributed by atoms with Crippen LogP contribution in [0.15, 0.2) is 45.9 Å². The van der Waals surface area contributed by atoms with Crippen molar-refractivity contribution in [2.45, 2.75) is 30.9 Å². The lowest BCUT2D eigenvalue weighted by atomic mass is 10.00. The first-order valence-corrected chi connectivity index (χ1v) is 10.7. The Kier molecular flexibility index (Phi) is 5.63. The molecule has 0 saturated carbocycles. The fourth-order valence-electron chi connectivity index (χ4n) is 2.71. The summed E-state index contributed by atoms with van der Waals surface area (Å²) in [6, 6.07) is 8.32. The van der Waals surface area contributed by atoms with Gasteiger partial charge in [0.1, 0.15) is 5.82 Å². The Labute approximate surface area is 172 Å². The molecule has 0 aliphatic rings. The number of benzene rings is 1. The van der Waals surface area contributed by atoms with Crippen LogP contribution < -0.4 is 10.5 Å². The second-order valence-electron chi connectivity index (χ2n) is 7.06. The number of nitrogen functional groups attached to an aromatic ring is 1. The summed E-state index contributed by atoms with van der Waals surface area (Å²) in [6.07, 6.45) is 1.58. The third kappa shape index (κ3) is 4.91. The van der Waals surface area contributed by atoms with E-state index >= 15 is 0 Å². The third-order valence-electron chi connectivity index (χ3n) is 4.25. The molecule has 10 heteroatoms. The Morgan fingerprint density at radius 2 is 1.97 bits per heavy atom. The van der Waals surface area contributed by atoms with Crippen molar-refractivity contribution >= 4 is 26.1 Å². The first-order chi connectivity index (χ1) is 13.5. The van der Waals surface area contributed by atoms with E-state index in [1.165, 1.54) is 13.0 Å². The van der Waals surface area contributed by atoms with Crippen molar-refractivity contribution in [1.82, 2.24) is 14.9 Å². The number of nitrogens with zero attached hydrogens (tertiary/aromatic N) is 2. The molecule has 151 valence electrons. The van der Waals surface area contributed by atoms with Crippen LogP contribution in [0.25, 0.3) is 22.5 Å². The molecule has 1 aromatic carbocycles. The maximum atomic E-state index is 12.6. The van der Waals surface area contributed by atoms with Crippen LogP contribution in [0.5, 0.6) is 0 Å². The van der Waals surface area contributed by atoms with Gasteiger partial charge in [-0.15, -0.1) is 0 Å². The van der Waals surface area contributed by atoms with Gasteiger partial charge in [0.2, 0.25) is 10.0 Å². The van der Waals surface area contributed by atoms with Crippen molar-refractivity contribution in [3.05, 3.63) is 47.8 Å². The van der Waals surface area contributed by atoms with E-state index in [4.69, 9.17) is 10.3 Å². The molecule has 0 saturated heterocycles. The lowest BCUT2D eigenvalue weighted by Gasteiger charge is -2.18. The Bertz CT molecular complexity index is 1150. The molecule has 2 aromatic heterocycles. The van der Waals surface area contributed by atoms with E-state index in [-0.39, 0.29) is 17.3 Å². The van der Waals surface area contributed by atoms with E-state index < -0.39 is 15.2 Å². The minimum atomic E-state index is -3.82. The van der Waals surface area contributed by atoms with Crippen LogP contribution in [0.3, 0.4) is 0 Å². The first kappa shape index (κ1) is 21.2. The van der Waals surface area contributed by atoms with Crippen molar-refractivity contribution in [2.75, 3.05) is 12.3 Å². The summed E-state index contributed by atoms with van der Waals surface area (Å²) in [7, 11) is -0.768. The van der Waals surface area contributed by atoms with Crippen LogP contribution in [0.1, 0.15) is 18.2 Å². The number of anilines is 1. The molecule has 0 spiro atoms. The molecule has 8 nitrogen and oxygen atoms in total. The van der Waals surface area contributed by atoms with Crippen LogP contribution in [0.2, 0.25) is 0 Å². The topological polar surface area (TPSA) is 131 Å². The lowest BCUT2D eigenvalue weighted by Crippen LogP contribution is -2.40. The van der Waals surface area contributed by atoms with Crippen LogP contribution >= 0.6 is 0 Å². The molecule has 0 aliphatic carbocycles. The molecule has 4 N–H and O–H groups in total. The zero-order chi connectivity index (χ0) is 21.4. The van der Waals surface area contributed by atoms with E-state index in [0.717, 1.165) is 5.56 Å². The van der Waals surface area contributed by atoms with Gasteiger partial charge in [-0.05, 0) is 50.1 Å². The summed E-state index contributed by atoms with van der Waals surface area (Å²) < 4.78 is 32.9. The maximum absolute atomic E-state index is 12.6. The fourth-order valence-corrected chi connectivity index (χ4v) is 4.08. The number of aromatic nitrogens is 2. The Hall–Kier alpha value is -2.53. The van der Waals surface area contributed by atoms with Crippen LogP contribution in [0.4, 0.5) is 5.82 Å². The van der Waals surface area contributed by atoms with Gasteiger partial charge in [-0.3, -0.25) is 0 Å². The van der Waals surface area contributed by atoms with Crippen molar-refractivity contribution < 1.29 is 18.0 Å². The van der Waals surface area contributed by atoms with Gasteiger partial charge in [0.15, 0.2) is 5.76 Å². The van der Waals surface area contributed by atoms with Crippen LogP contribution in [-0.4, -0.2) is 45.7 Å². The number of aryl methyl sites for hydroxylation is 2. The summed E-state index contributed by atoms with van der Waals surface area (Å²) in [4.78, 5) is 4.30. The molecule has 3 rings (SSSR count). The van der Waals surface area contributed by atoms with Crippen LogP contribution in [-0.2, 0) is 10.0 Å². The normalized spacial score (nSPS) is 14.0. The van der Waals surface area contributed by atoms with Gasteiger partial charge in [0.05, 0.1) is 31.6 Å². The number of hydrogen-bond donors (Lipinski definition) is 3. The molecule has 3 radical (unpaired) electrons. The van der Waals surface area contributed by atoms with Gasteiger partial charge in [-0.25, -0.2) is 18.1 Å². The molecule has 0 aliphatic heterocycles. The molecule has 0 fully saturated rings. The summed E-state index contributed by atoms with van der Waals surface area (Å²) >= 11 is 0. The molecule has 29 heavy (non-hydrogen) atoms. The summed E-state index contributed by atoms with van der Waals surface area (Å²) in [5.74, 6) is 0.768. The number of sulfonamides is 1. The highest BCUT2D eigenvalue weighted by molar-refractivity contribution is 7.89. The molecule has 2 heterocycles. The van der Waals surface area contributed by atoms with E-state index in [9.17, 15) is 13.5 Å². The summed E-state index contributed by atoms with van der Waals surface area (Å²) in [5.41, 5.74) is 9.51. The number of aliphatic hydroxyl groups is 1. The summed E-state index contributed by atoms with van der Waals surface area (Å²) in [6.45, 7) is 4.93. The lowest BCUT2D eigenvalue weighted by molar-refractivity contribution is 0.153. The SMILES string of the molecule is Cc1cc(-c2cc(-c3cc(S(=O)(=O)NCC(C)(O)[Si])ccc3C)cnc2N)on1. The number of nitrogens with two attached hydrogens (primary N) is 1. The van der Waals surface area contributed by atoms with Crippen LogP contribution in [0, 0.1) is 13.8 Å². The Balaban J connectivity index is 2.03. The standard InChI is InChI=1S/C19H21N4O4SSi/c1-11-4-5-14(28(25,26)22-10-19(3,24)29)8-15(11)13-7-16(18(20)21-9-13)17-6-12(2)23-27-17/h4-9,22,24H,10H2,1-3H3,(H2,20,21). The van der Waals surface area contributed by atoms with Gasteiger partial charge in [0.25, 0.3) is 0 Å². The fraction of sp³-hybridized carbons (Fsp3) is 0.263. The van der Waals surface area contributed by atoms with E-state index in [0.29, 0.717) is 28.1 Å². The van der Waals surface area contributed by atoms with E-state index in [1.807, 2.05) is 6.92 Å². The smallest absolute Gasteiger partial charge is 0.240 e. The monoisotopic (exact) mass is 429 g/mol. The Morgan fingerprint density at radius 3 is 2.59 bits per heavy atom. The highest BCUT2D eigenvalue weighted by atomic mass is 32.2.